The number of rotatable bonds is 2. The number of hydrogen-bond acceptors (Lipinski definition) is 3. The third-order valence-corrected chi connectivity index (χ3v) is 2.46. The van der Waals surface area contributed by atoms with Gasteiger partial charge in [0.15, 0.2) is 0 Å². The molecule has 12 heavy (non-hydrogen) atoms. The van der Waals surface area contributed by atoms with Crippen molar-refractivity contribution in [1.29, 1.82) is 0 Å². The summed E-state index contributed by atoms with van der Waals surface area (Å²) in [6.07, 6.45) is 1.10. The van der Waals surface area contributed by atoms with Gasteiger partial charge in [-0.1, -0.05) is 0 Å². The van der Waals surface area contributed by atoms with Crippen LogP contribution in [0.2, 0.25) is 0 Å². The van der Waals surface area contributed by atoms with Crippen LogP contribution >= 0.6 is 0 Å². The lowest BCUT2D eigenvalue weighted by molar-refractivity contribution is 0.597. The van der Waals surface area contributed by atoms with Crippen LogP contribution in [-0.4, -0.2) is 18.6 Å². The first-order valence-electron chi connectivity index (χ1n) is 2.89. The maximum Gasteiger partial charge on any atom is 0.267 e. The maximum absolute atomic E-state index is 11.0. The van der Waals surface area contributed by atoms with Gasteiger partial charge in [-0.05, 0) is 12.5 Å². The first-order chi connectivity index (χ1) is 5.58. The Morgan fingerprint density at radius 3 is 2.83 bits per heavy atom. The normalized spacial score (nSPS) is 10.8. The van der Waals surface area contributed by atoms with Gasteiger partial charge in [-0.15, -0.1) is 0 Å². The van der Waals surface area contributed by atoms with E-state index >= 15 is 0 Å². The molecule has 1 N–H and O–H groups in total. The second kappa shape index (κ2) is 2.84. The van der Waals surface area contributed by atoms with E-state index in [0.717, 1.165) is 6.20 Å². The zero-order valence-corrected chi connectivity index (χ0v) is 6.91. The Morgan fingerprint density at radius 1 is 1.75 bits per heavy atom. The molecule has 0 aliphatic rings. The van der Waals surface area contributed by atoms with Crippen molar-refractivity contribution in [2.24, 2.45) is 4.52 Å². The van der Waals surface area contributed by atoms with Gasteiger partial charge in [0.2, 0.25) is 0 Å². The number of nitrogens with one attached hydrogen (secondary N) is 1. The van der Waals surface area contributed by atoms with E-state index in [1.807, 2.05) is 0 Å². The molecule has 1 heterocycles. The summed E-state index contributed by atoms with van der Waals surface area (Å²) in [4.78, 5) is 2.10. The third kappa shape index (κ3) is 1.39. The van der Waals surface area contributed by atoms with Crippen LogP contribution in [0.15, 0.2) is 15.6 Å². The SMILES string of the molecule is Cc1[nH]ncc1S(=O)(=O)N=[N+]=[N-]. The highest BCUT2D eigenvalue weighted by Gasteiger charge is 2.16. The quantitative estimate of drug-likeness (QED) is 0.418. The van der Waals surface area contributed by atoms with Gasteiger partial charge in [-0.2, -0.15) is 5.10 Å². The molecule has 0 saturated heterocycles. The van der Waals surface area contributed by atoms with E-state index in [2.05, 4.69) is 19.6 Å². The molecule has 0 fully saturated rings. The molecule has 0 atom stereocenters. The maximum atomic E-state index is 11.0. The highest BCUT2D eigenvalue weighted by molar-refractivity contribution is 7.90. The van der Waals surface area contributed by atoms with Crippen molar-refractivity contribution in [3.8, 4) is 0 Å². The minimum Gasteiger partial charge on any atom is -0.281 e. The number of azide groups is 1. The molecule has 0 saturated carbocycles. The number of sulfonamides is 1. The number of hydrogen-bond donors (Lipinski definition) is 1. The minimum atomic E-state index is -3.88. The highest BCUT2D eigenvalue weighted by Crippen LogP contribution is 2.13. The van der Waals surface area contributed by atoms with E-state index < -0.39 is 10.0 Å². The second-order valence-electron chi connectivity index (χ2n) is 2.01. The van der Waals surface area contributed by atoms with E-state index in [-0.39, 0.29) is 4.90 Å². The molecule has 0 radical (unpaired) electrons. The molecule has 1 aromatic rings. The molecule has 7 nitrogen and oxygen atoms in total. The van der Waals surface area contributed by atoms with E-state index in [1.54, 1.807) is 0 Å². The van der Waals surface area contributed by atoms with Crippen molar-refractivity contribution in [1.82, 2.24) is 10.2 Å². The first-order valence-corrected chi connectivity index (χ1v) is 4.33. The zero-order chi connectivity index (χ0) is 9.19. The number of H-pyrrole nitrogens is 1. The number of nitrogens with zero attached hydrogens (tertiary/aromatic N) is 4. The monoisotopic (exact) mass is 187 g/mol. The largest absolute Gasteiger partial charge is 0.281 e. The summed E-state index contributed by atoms with van der Waals surface area (Å²) in [5.41, 5.74) is 8.29. The molecule has 0 aromatic carbocycles. The fourth-order valence-electron chi connectivity index (χ4n) is 0.692. The molecule has 1 aromatic heterocycles. The third-order valence-electron chi connectivity index (χ3n) is 1.21. The summed E-state index contributed by atoms with van der Waals surface area (Å²) in [5, 5.41) is 5.90. The molecule has 0 unspecified atom stereocenters. The van der Waals surface area contributed by atoms with Gasteiger partial charge in [0.1, 0.15) is 4.90 Å². The van der Waals surface area contributed by atoms with Gasteiger partial charge in [0.25, 0.3) is 10.0 Å². The fourth-order valence-corrected chi connectivity index (χ4v) is 1.49. The smallest absolute Gasteiger partial charge is 0.267 e. The van der Waals surface area contributed by atoms with E-state index in [0.29, 0.717) is 5.69 Å². The lowest BCUT2D eigenvalue weighted by atomic mass is 10.5. The molecule has 0 aliphatic carbocycles. The molecule has 0 bridgehead atoms. The van der Waals surface area contributed by atoms with Gasteiger partial charge in [0.05, 0.1) is 11.9 Å². The summed E-state index contributed by atoms with van der Waals surface area (Å²) < 4.78 is 24.7. The van der Waals surface area contributed by atoms with Crippen LogP contribution in [0.4, 0.5) is 0 Å². The Kier molecular flexibility index (Phi) is 2.03. The minimum absolute atomic E-state index is 0.0969. The average Bonchev–Trinajstić information content (AvgIpc) is 2.35. The molecule has 64 valence electrons. The fraction of sp³-hybridized carbons (Fsp3) is 0.250. The van der Waals surface area contributed by atoms with Gasteiger partial charge >= 0.3 is 0 Å². The lowest BCUT2D eigenvalue weighted by Gasteiger charge is -1.90. The Bertz CT molecular complexity index is 426. The van der Waals surface area contributed by atoms with Gasteiger partial charge in [-0.3, -0.25) is 5.10 Å². The van der Waals surface area contributed by atoms with Crippen LogP contribution in [0.3, 0.4) is 0 Å². The van der Waals surface area contributed by atoms with Gasteiger partial charge in [0, 0.05) is 9.43 Å². The van der Waals surface area contributed by atoms with E-state index in [4.69, 9.17) is 5.53 Å². The lowest BCUT2D eigenvalue weighted by Crippen LogP contribution is -1.95. The zero-order valence-electron chi connectivity index (χ0n) is 6.09. The summed E-state index contributed by atoms with van der Waals surface area (Å²) in [6.45, 7) is 1.52. The second-order valence-corrected chi connectivity index (χ2v) is 3.56. The summed E-state index contributed by atoms with van der Waals surface area (Å²) in [7, 11) is -3.88. The molecule has 1 rings (SSSR count). The predicted octanol–water partition coefficient (Wildman–Crippen LogP) is 0.717. The van der Waals surface area contributed by atoms with Crippen molar-refractivity contribution in [2.75, 3.05) is 0 Å². The molecule has 0 aliphatic heterocycles. The molecular formula is C4H5N5O2S. The van der Waals surface area contributed by atoms with Crippen molar-refractivity contribution < 1.29 is 8.42 Å². The molecule has 0 spiro atoms. The molecule has 0 amide bonds. The van der Waals surface area contributed by atoms with Crippen LogP contribution in [0.5, 0.6) is 0 Å². The van der Waals surface area contributed by atoms with Crippen molar-refractivity contribution in [2.45, 2.75) is 11.8 Å². The highest BCUT2D eigenvalue weighted by atomic mass is 32.2. The van der Waals surface area contributed by atoms with Gasteiger partial charge < -0.3 is 0 Å². The van der Waals surface area contributed by atoms with Crippen molar-refractivity contribution in [3.05, 3.63) is 22.3 Å². The Balaban J connectivity index is 3.33. The topological polar surface area (TPSA) is 112 Å². The van der Waals surface area contributed by atoms with E-state index in [9.17, 15) is 8.42 Å². The van der Waals surface area contributed by atoms with E-state index in [1.165, 1.54) is 6.92 Å². The number of aryl methyl sites for hydroxylation is 1. The Morgan fingerprint density at radius 2 is 2.42 bits per heavy atom. The van der Waals surface area contributed by atoms with Crippen LogP contribution in [0, 0.1) is 6.92 Å². The molecular weight excluding hydrogens is 182 g/mol. The Labute approximate surface area is 68.1 Å². The van der Waals surface area contributed by atoms with Crippen LogP contribution in [0.25, 0.3) is 10.4 Å². The van der Waals surface area contributed by atoms with Crippen molar-refractivity contribution in [3.63, 3.8) is 0 Å². The van der Waals surface area contributed by atoms with Crippen LogP contribution in [-0.2, 0) is 10.0 Å². The van der Waals surface area contributed by atoms with Gasteiger partial charge in [-0.25, -0.2) is 8.42 Å². The summed E-state index contributed by atoms with van der Waals surface area (Å²) in [6, 6.07) is 0. The summed E-state index contributed by atoms with van der Waals surface area (Å²) in [5.74, 6) is 0. The van der Waals surface area contributed by atoms with Crippen LogP contribution in [0.1, 0.15) is 5.69 Å². The predicted molar refractivity (Wildman–Crippen MR) is 39.7 cm³/mol. The number of aromatic nitrogens is 2. The standard InChI is InChI=1S/C4H5N5O2S/c1-3-4(2-6-7-3)12(10,11)9-8-5/h2H,1H3,(H,6,7). The Hall–Kier alpha value is -1.53. The van der Waals surface area contributed by atoms with Crippen molar-refractivity contribution >= 4 is 10.0 Å². The number of aromatic amines is 1. The first kappa shape index (κ1) is 8.57. The molecule has 8 heteroatoms. The summed E-state index contributed by atoms with van der Waals surface area (Å²) >= 11 is 0. The van der Waals surface area contributed by atoms with Crippen LogP contribution < -0.4 is 0 Å². The average molecular weight is 187 g/mol.